The number of aromatic nitrogens is 4. The number of benzene rings is 8. The lowest BCUT2D eigenvalue weighted by atomic mass is 9.96. The van der Waals surface area contributed by atoms with Crippen LogP contribution in [0.3, 0.4) is 0 Å². The Balaban J connectivity index is 1.08. The van der Waals surface area contributed by atoms with Crippen LogP contribution in [0.15, 0.2) is 175 Å². The fraction of sp³-hybridized carbons (Fsp3) is 0. The van der Waals surface area contributed by atoms with Crippen molar-refractivity contribution in [1.29, 1.82) is 0 Å². The number of rotatable bonds is 4. The summed E-state index contributed by atoms with van der Waals surface area (Å²) in [5, 5.41) is 11.2. The maximum atomic E-state index is 6.56. The second-order valence-corrected chi connectivity index (χ2v) is 13.5. The zero-order valence-corrected chi connectivity index (χ0v) is 28.4. The van der Waals surface area contributed by atoms with Gasteiger partial charge in [0.1, 0.15) is 11.2 Å². The Morgan fingerprint density at radius 1 is 0.377 bits per heavy atom. The van der Waals surface area contributed by atoms with E-state index in [9.17, 15) is 0 Å². The SMILES string of the molecule is c1ccc2cc(-c3nc(-c4ccc5ccccc5c4)nc(-c4cccc5cc(-c6cccc7c6oc6ccc8ccncc8c67)ccc45)n3)ccc2c1. The van der Waals surface area contributed by atoms with Gasteiger partial charge in [0, 0.05) is 50.8 Å². The average Bonchev–Trinajstić information content (AvgIpc) is 3.62. The van der Waals surface area contributed by atoms with Gasteiger partial charge >= 0.3 is 0 Å². The van der Waals surface area contributed by atoms with Gasteiger partial charge in [-0.05, 0) is 73.6 Å². The van der Waals surface area contributed by atoms with Crippen LogP contribution in [0.2, 0.25) is 0 Å². The molecule has 0 saturated carbocycles. The number of para-hydroxylation sites is 1. The predicted molar refractivity (Wildman–Crippen MR) is 217 cm³/mol. The first-order chi connectivity index (χ1) is 26.2. The normalized spacial score (nSPS) is 11.8. The van der Waals surface area contributed by atoms with Crippen molar-refractivity contribution < 1.29 is 4.42 Å². The summed E-state index contributed by atoms with van der Waals surface area (Å²) in [6, 6.07) is 55.0. The molecule has 0 unspecified atom stereocenters. The Kier molecular flexibility index (Phi) is 6.48. The molecule has 246 valence electrons. The van der Waals surface area contributed by atoms with E-state index in [2.05, 4.69) is 157 Å². The number of hydrogen-bond acceptors (Lipinski definition) is 5. The van der Waals surface area contributed by atoms with Crippen molar-refractivity contribution in [2.24, 2.45) is 0 Å². The van der Waals surface area contributed by atoms with Crippen molar-refractivity contribution in [1.82, 2.24) is 19.9 Å². The van der Waals surface area contributed by atoms with Crippen LogP contribution in [0.25, 0.3) is 110 Å². The molecule has 0 radical (unpaired) electrons. The monoisotopic (exact) mass is 676 g/mol. The maximum absolute atomic E-state index is 6.56. The summed E-state index contributed by atoms with van der Waals surface area (Å²) >= 11 is 0. The van der Waals surface area contributed by atoms with Crippen LogP contribution >= 0.6 is 0 Å². The maximum Gasteiger partial charge on any atom is 0.164 e. The van der Waals surface area contributed by atoms with Gasteiger partial charge in [-0.15, -0.1) is 0 Å². The van der Waals surface area contributed by atoms with E-state index in [1.165, 1.54) is 10.8 Å². The molecular formula is C48H28N4O. The summed E-state index contributed by atoms with van der Waals surface area (Å²) in [6.45, 7) is 0. The molecule has 0 fully saturated rings. The fourth-order valence-electron chi connectivity index (χ4n) is 7.74. The number of furan rings is 1. The zero-order valence-electron chi connectivity index (χ0n) is 28.4. The molecule has 0 aliphatic rings. The van der Waals surface area contributed by atoms with Crippen LogP contribution < -0.4 is 0 Å². The van der Waals surface area contributed by atoms with Gasteiger partial charge < -0.3 is 4.42 Å². The molecule has 0 bridgehead atoms. The molecule has 0 spiro atoms. The molecule has 3 aromatic heterocycles. The van der Waals surface area contributed by atoms with Gasteiger partial charge in [-0.3, -0.25) is 4.98 Å². The van der Waals surface area contributed by atoms with E-state index in [1.807, 2.05) is 18.5 Å². The molecule has 0 N–H and O–H groups in total. The number of hydrogen-bond donors (Lipinski definition) is 0. The van der Waals surface area contributed by atoms with Gasteiger partial charge in [-0.2, -0.15) is 0 Å². The Morgan fingerprint density at radius 3 is 1.74 bits per heavy atom. The molecular weight excluding hydrogens is 649 g/mol. The van der Waals surface area contributed by atoms with Crippen LogP contribution in [-0.4, -0.2) is 19.9 Å². The van der Waals surface area contributed by atoms with Crippen LogP contribution in [-0.2, 0) is 0 Å². The minimum Gasteiger partial charge on any atom is -0.455 e. The topological polar surface area (TPSA) is 64.7 Å². The van der Waals surface area contributed by atoms with E-state index >= 15 is 0 Å². The molecule has 11 aromatic rings. The van der Waals surface area contributed by atoms with Crippen LogP contribution in [0, 0.1) is 0 Å². The molecule has 5 heteroatoms. The van der Waals surface area contributed by atoms with Crippen LogP contribution in [0.1, 0.15) is 0 Å². The Bertz CT molecular complexity index is 3160. The molecule has 5 nitrogen and oxygen atoms in total. The standard InChI is InChI=1S/C48H28N4O/c1-3-9-32-25-36(17-15-29(32)7-1)46-50-47(37-18-16-30-8-2-4-10-33(30)26-37)52-48(51-46)40-13-5-11-34-27-35(19-21-38(34)40)39-12-6-14-41-44-42-28-49-24-23-31(42)20-22-43(44)53-45(39)41/h1-28H. The van der Waals surface area contributed by atoms with E-state index in [1.54, 1.807) is 0 Å². The van der Waals surface area contributed by atoms with Gasteiger partial charge in [0.15, 0.2) is 17.5 Å². The summed E-state index contributed by atoms with van der Waals surface area (Å²) in [5.41, 5.74) is 6.67. The summed E-state index contributed by atoms with van der Waals surface area (Å²) in [4.78, 5) is 19.8. The van der Waals surface area contributed by atoms with E-state index < -0.39 is 0 Å². The molecule has 3 heterocycles. The summed E-state index contributed by atoms with van der Waals surface area (Å²) in [7, 11) is 0. The van der Waals surface area contributed by atoms with Crippen molar-refractivity contribution in [3.8, 4) is 45.3 Å². The third kappa shape index (κ3) is 4.86. The molecule has 0 aliphatic carbocycles. The number of fused-ring (bicyclic) bond motifs is 8. The predicted octanol–water partition coefficient (Wildman–Crippen LogP) is 12.4. The molecule has 8 aromatic carbocycles. The first-order valence-corrected chi connectivity index (χ1v) is 17.7. The second kappa shape index (κ2) is 11.7. The highest BCUT2D eigenvalue weighted by molar-refractivity contribution is 6.20. The molecule has 0 saturated heterocycles. The van der Waals surface area contributed by atoms with Crippen LogP contribution in [0.4, 0.5) is 0 Å². The average molecular weight is 677 g/mol. The highest BCUT2D eigenvalue weighted by Crippen LogP contribution is 2.40. The van der Waals surface area contributed by atoms with E-state index in [4.69, 9.17) is 19.4 Å². The Labute approximate surface area is 303 Å². The summed E-state index contributed by atoms with van der Waals surface area (Å²) in [6.07, 6.45) is 3.76. The Morgan fingerprint density at radius 2 is 0.981 bits per heavy atom. The number of pyridine rings is 1. The lowest BCUT2D eigenvalue weighted by Crippen LogP contribution is -2.00. The highest BCUT2D eigenvalue weighted by atomic mass is 16.3. The second-order valence-electron chi connectivity index (χ2n) is 13.5. The Hall–Kier alpha value is -7.24. The lowest BCUT2D eigenvalue weighted by molar-refractivity contribution is 0.670. The quantitative estimate of drug-likeness (QED) is 0.186. The first kappa shape index (κ1) is 29.5. The van der Waals surface area contributed by atoms with Crippen molar-refractivity contribution in [2.45, 2.75) is 0 Å². The molecule has 0 atom stereocenters. The first-order valence-electron chi connectivity index (χ1n) is 17.7. The summed E-state index contributed by atoms with van der Waals surface area (Å²) < 4.78 is 6.56. The van der Waals surface area contributed by atoms with E-state index in [-0.39, 0.29) is 0 Å². The van der Waals surface area contributed by atoms with Crippen molar-refractivity contribution in [3.63, 3.8) is 0 Å². The minimum absolute atomic E-state index is 0.629. The van der Waals surface area contributed by atoms with Gasteiger partial charge in [-0.1, -0.05) is 127 Å². The van der Waals surface area contributed by atoms with Gasteiger partial charge in [0.05, 0.1) is 0 Å². The largest absolute Gasteiger partial charge is 0.455 e. The van der Waals surface area contributed by atoms with Crippen molar-refractivity contribution >= 4 is 65.0 Å². The zero-order chi connectivity index (χ0) is 34.9. The van der Waals surface area contributed by atoms with Crippen molar-refractivity contribution in [2.75, 3.05) is 0 Å². The minimum atomic E-state index is 0.629. The van der Waals surface area contributed by atoms with Gasteiger partial charge in [0.2, 0.25) is 0 Å². The molecule has 53 heavy (non-hydrogen) atoms. The van der Waals surface area contributed by atoms with Gasteiger partial charge in [0.25, 0.3) is 0 Å². The number of nitrogens with zero attached hydrogens (tertiary/aromatic N) is 4. The summed E-state index contributed by atoms with van der Waals surface area (Å²) in [5.74, 6) is 1.90. The molecule has 0 aliphatic heterocycles. The van der Waals surface area contributed by atoms with Crippen molar-refractivity contribution in [3.05, 3.63) is 170 Å². The third-order valence-electron chi connectivity index (χ3n) is 10.4. The third-order valence-corrected chi connectivity index (χ3v) is 10.4. The fourth-order valence-corrected chi connectivity index (χ4v) is 7.74. The smallest absolute Gasteiger partial charge is 0.164 e. The molecule has 11 rings (SSSR count). The lowest BCUT2D eigenvalue weighted by Gasteiger charge is -2.12. The van der Waals surface area contributed by atoms with E-state index in [0.717, 1.165) is 82.1 Å². The van der Waals surface area contributed by atoms with Gasteiger partial charge in [-0.25, -0.2) is 15.0 Å². The van der Waals surface area contributed by atoms with E-state index in [0.29, 0.717) is 17.5 Å². The molecule has 0 amide bonds. The van der Waals surface area contributed by atoms with Crippen LogP contribution in [0.5, 0.6) is 0 Å². The highest BCUT2D eigenvalue weighted by Gasteiger charge is 2.18.